The van der Waals surface area contributed by atoms with Crippen molar-refractivity contribution >= 4 is 16.7 Å². The molecule has 2 aromatic carbocycles. The van der Waals surface area contributed by atoms with Crippen LogP contribution in [-0.4, -0.2) is 32.6 Å². The molecular weight excluding hydrogens is 423 g/mol. The molecule has 0 aliphatic carbocycles. The number of rotatable bonds is 6. The van der Waals surface area contributed by atoms with Crippen molar-refractivity contribution in [3.05, 3.63) is 95.4 Å². The van der Waals surface area contributed by atoms with E-state index in [-0.39, 0.29) is 17.6 Å². The molecule has 164 valence electrons. The number of ketones is 1. The molecule has 0 N–H and O–H groups in total. The summed E-state index contributed by atoms with van der Waals surface area (Å²) >= 11 is 0. The van der Waals surface area contributed by atoms with Gasteiger partial charge in [0.05, 0.1) is 12.7 Å². The molecule has 3 heterocycles. The van der Waals surface area contributed by atoms with Crippen molar-refractivity contribution in [3.63, 3.8) is 0 Å². The van der Waals surface area contributed by atoms with Crippen molar-refractivity contribution < 1.29 is 18.3 Å². The molecule has 0 fully saturated rings. The lowest BCUT2D eigenvalue weighted by Gasteiger charge is -2.09. The number of halogens is 1. The summed E-state index contributed by atoms with van der Waals surface area (Å²) in [5.41, 5.74) is 3.40. The number of hydrogen-bond donors (Lipinski definition) is 0. The molecule has 0 amide bonds. The highest BCUT2D eigenvalue weighted by Crippen LogP contribution is 2.32. The molecule has 8 heteroatoms. The molecule has 33 heavy (non-hydrogen) atoms. The molecule has 0 radical (unpaired) electrons. The molecule has 5 aromatic rings. The van der Waals surface area contributed by atoms with E-state index in [2.05, 4.69) is 15.2 Å². The lowest BCUT2D eigenvalue weighted by atomic mass is 10.1. The van der Waals surface area contributed by atoms with Crippen molar-refractivity contribution in [2.24, 2.45) is 0 Å². The zero-order valence-corrected chi connectivity index (χ0v) is 17.9. The van der Waals surface area contributed by atoms with E-state index in [1.165, 1.54) is 12.1 Å². The second kappa shape index (κ2) is 8.31. The van der Waals surface area contributed by atoms with Gasteiger partial charge in [0.15, 0.2) is 0 Å². The number of fused-ring (bicyclic) bond motifs is 1. The van der Waals surface area contributed by atoms with Crippen LogP contribution in [0.15, 0.2) is 71.3 Å². The average molecular weight is 442 g/mol. The summed E-state index contributed by atoms with van der Waals surface area (Å²) in [6.45, 7) is 2.32. The number of methoxy groups -OCH3 is 1. The van der Waals surface area contributed by atoms with Gasteiger partial charge >= 0.3 is 0 Å². The Balaban J connectivity index is 1.61. The third-order valence-corrected chi connectivity index (χ3v) is 5.51. The Hall–Kier alpha value is -4.33. The van der Waals surface area contributed by atoms with Gasteiger partial charge in [-0.05, 0) is 55.0 Å². The number of pyridine rings is 1. The van der Waals surface area contributed by atoms with Gasteiger partial charge < -0.3 is 13.7 Å². The molecule has 0 aliphatic rings. The summed E-state index contributed by atoms with van der Waals surface area (Å²) in [4.78, 5) is 17.7. The number of benzene rings is 2. The predicted molar refractivity (Wildman–Crippen MR) is 120 cm³/mol. The summed E-state index contributed by atoms with van der Waals surface area (Å²) < 4.78 is 26.4. The zero-order valence-electron chi connectivity index (χ0n) is 17.9. The van der Waals surface area contributed by atoms with Crippen LogP contribution in [0.1, 0.15) is 27.5 Å². The number of carbonyl (C=O) groups is 1. The Bertz CT molecular complexity index is 1460. The van der Waals surface area contributed by atoms with Crippen LogP contribution in [0.2, 0.25) is 0 Å². The minimum Gasteiger partial charge on any atom is -0.497 e. The van der Waals surface area contributed by atoms with Crippen molar-refractivity contribution in [1.82, 2.24) is 19.7 Å². The fourth-order valence-corrected chi connectivity index (χ4v) is 3.87. The van der Waals surface area contributed by atoms with Crippen LogP contribution in [0.5, 0.6) is 5.75 Å². The van der Waals surface area contributed by atoms with Gasteiger partial charge in [-0.15, -0.1) is 10.2 Å². The highest BCUT2D eigenvalue weighted by molar-refractivity contribution is 6.15. The molecule has 5 rings (SSSR count). The van der Waals surface area contributed by atoms with Gasteiger partial charge in [-0.2, -0.15) is 0 Å². The fourth-order valence-electron chi connectivity index (χ4n) is 3.87. The number of ether oxygens (including phenoxy) is 1. The maximum absolute atomic E-state index is 13.5. The summed E-state index contributed by atoms with van der Waals surface area (Å²) in [6, 6.07) is 17.1. The van der Waals surface area contributed by atoms with Gasteiger partial charge in [0.1, 0.15) is 17.3 Å². The average Bonchev–Trinajstić information content (AvgIpc) is 3.44. The van der Waals surface area contributed by atoms with Crippen LogP contribution in [0, 0.1) is 12.7 Å². The molecular formula is C25H19FN4O3. The van der Waals surface area contributed by atoms with Gasteiger partial charge in [0, 0.05) is 29.3 Å². The standard InChI is InChI=1S/C25H19FN4O3/c1-15-22(23(31)25-29-28-24(33-25)20-5-3-4-12-27-20)19-13-18(32-2)10-11-21(19)30(15)14-16-6-8-17(26)9-7-16/h3-13H,14H2,1-2H3. The molecule has 0 saturated heterocycles. The van der Waals surface area contributed by atoms with Gasteiger partial charge in [0.2, 0.25) is 0 Å². The van der Waals surface area contributed by atoms with E-state index in [4.69, 9.17) is 9.15 Å². The number of carbonyl (C=O) groups excluding carboxylic acids is 1. The first kappa shape index (κ1) is 20.6. The van der Waals surface area contributed by atoms with Crippen molar-refractivity contribution in [1.29, 1.82) is 0 Å². The second-order valence-corrected chi connectivity index (χ2v) is 7.51. The Morgan fingerprint density at radius 3 is 2.64 bits per heavy atom. The van der Waals surface area contributed by atoms with Gasteiger partial charge in [0.25, 0.3) is 17.6 Å². The molecule has 0 bridgehead atoms. The highest BCUT2D eigenvalue weighted by atomic mass is 19.1. The van der Waals surface area contributed by atoms with Crippen molar-refractivity contribution in [2.45, 2.75) is 13.5 Å². The topological polar surface area (TPSA) is 83.0 Å². The maximum atomic E-state index is 13.5. The third kappa shape index (κ3) is 3.76. The molecule has 7 nitrogen and oxygen atoms in total. The van der Waals surface area contributed by atoms with Crippen LogP contribution < -0.4 is 4.74 Å². The van der Waals surface area contributed by atoms with Crippen molar-refractivity contribution in [3.8, 4) is 17.3 Å². The largest absolute Gasteiger partial charge is 0.497 e. The number of hydrogen-bond acceptors (Lipinski definition) is 6. The van der Waals surface area contributed by atoms with E-state index in [0.29, 0.717) is 28.9 Å². The monoisotopic (exact) mass is 442 g/mol. The Kier molecular flexibility index (Phi) is 5.18. The fraction of sp³-hybridized carbons (Fsp3) is 0.120. The van der Waals surface area contributed by atoms with E-state index in [1.54, 1.807) is 43.6 Å². The van der Waals surface area contributed by atoms with E-state index in [1.807, 2.05) is 29.7 Å². The van der Waals surface area contributed by atoms with Crippen LogP contribution in [-0.2, 0) is 6.54 Å². The lowest BCUT2D eigenvalue weighted by molar-refractivity contribution is 0.100. The second-order valence-electron chi connectivity index (χ2n) is 7.51. The molecule has 0 atom stereocenters. The first-order valence-corrected chi connectivity index (χ1v) is 10.3. The van der Waals surface area contributed by atoms with Crippen LogP contribution in [0.4, 0.5) is 4.39 Å². The van der Waals surface area contributed by atoms with E-state index in [9.17, 15) is 9.18 Å². The van der Waals surface area contributed by atoms with Crippen LogP contribution >= 0.6 is 0 Å². The molecule has 0 spiro atoms. The molecule has 0 unspecified atom stereocenters. The highest BCUT2D eigenvalue weighted by Gasteiger charge is 2.26. The van der Waals surface area contributed by atoms with Crippen molar-refractivity contribution in [2.75, 3.05) is 7.11 Å². The molecule has 0 aliphatic heterocycles. The normalized spacial score (nSPS) is 11.1. The SMILES string of the molecule is COc1ccc2c(c1)c(C(=O)c1nnc(-c3ccccn3)o1)c(C)n2Cc1ccc(F)cc1. The molecule has 3 aromatic heterocycles. The summed E-state index contributed by atoms with van der Waals surface area (Å²) in [5.74, 6) is -0.0198. The minimum absolute atomic E-state index is 0.123. The van der Waals surface area contributed by atoms with E-state index >= 15 is 0 Å². The Morgan fingerprint density at radius 2 is 1.91 bits per heavy atom. The van der Waals surface area contributed by atoms with Gasteiger partial charge in [-0.25, -0.2) is 4.39 Å². The Labute approximate surface area is 188 Å². The maximum Gasteiger partial charge on any atom is 0.289 e. The van der Waals surface area contributed by atoms with E-state index < -0.39 is 5.78 Å². The first-order chi connectivity index (χ1) is 16.0. The zero-order chi connectivity index (χ0) is 22.9. The van der Waals surface area contributed by atoms with Crippen LogP contribution in [0.3, 0.4) is 0 Å². The lowest BCUT2D eigenvalue weighted by Crippen LogP contribution is -2.06. The smallest absolute Gasteiger partial charge is 0.289 e. The number of nitrogens with zero attached hydrogens (tertiary/aromatic N) is 4. The van der Waals surface area contributed by atoms with E-state index in [0.717, 1.165) is 16.8 Å². The Morgan fingerprint density at radius 1 is 1.09 bits per heavy atom. The quantitative estimate of drug-likeness (QED) is 0.351. The summed E-state index contributed by atoms with van der Waals surface area (Å²) in [6.07, 6.45) is 1.61. The number of aromatic nitrogens is 4. The van der Waals surface area contributed by atoms with Gasteiger partial charge in [-0.3, -0.25) is 9.78 Å². The van der Waals surface area contributed by atoms with Crippen LogP contribution in [0.25, 0.3) is 22.5 Å². The predicted octanol–water partition coefficient (Wildman–Crippen LogP) is 4.82. The minimum atomic E-state index is -0.390. The molecule has 0 saturated carbocycles. The summed E-state index contributed by atoms with van der Waals surface area (Å²) in [5, 5.41) is 8.67. The van der Waals surface area contributed by atoms with Gasteiger partial charge in [-0.1, -0.05) is 18.2 Å². The summed E-state index contributed by atoms with van der Waals surface area (Å²) in [7, 11) is 1.57. The third-order valence-electron chi connectivity index (χ3n) is 5.51. The first-order valence-electron chi connectivity index (χ1n) is 10.3.